The van der Waals surface area contributed by atoms with Crippen LogP contribution in [0.1, 0.15) is 19.3 Å². The summed E-state index contributed by atoms with van der Waals surface area (Å²) in [6, 6.07) is 14.7. The van der Waals surface area contributed by atoms with Gasteiger partial charge in [-0.2, -0.15) is 4.36 Å². The van der Waals surface area contributed by atoms with Crippen molar-refractivity contribution in [1.82, 2.24) is 14.5 Å². The highest BCUT2D eigenvalue weighted by atomic mass is 32.2. The molecule has 3 N–H and O–H groups in total. The minimum atomic E-state index is -2.21. The smallest absolute Gasteiger partial charge is 0.283 e. The van der Waals surface area contributed by atoms with E-state index in [4.69, 9.17) is 5.73 Å². The number of halogens is 1. The Bertz CT molecular complexity index is 1620. The van der Waals surface area contributed by atoms with Crippen molar-refractivity contribution < 1.29 is 13.4 Å². The summed E-state index contributed by atoms with van der Waals surface area (Å²) in [5, 5.41) is 3.18. The Hall–Kier alpha value is -4.05. The molecule has 1 aliphatic rings. The fourth-order valence-corrected chi connectivity index (χ4v) is 6.91. The molecule has 2 aromatic heterocycles. The van der Waals surface area contributed by atoms with Gasteiger partial charge in [0.2, 0.25) is 0 Å². The van der Waals surface area contributed by atoms with Crippen molar-refractivity contribution in [3.05, 3.63) is 67.3 Å². The quantitative estimate of drug-likeness (QED) is 0.334. The van der Waals surface area contributed by atoms with Crippen molar-refractivity contribution in [1.29, 1.82) is 0 Å². The van der Waals surface area contributed by atoms with Crippen LogP contribution >= 0.6 is 0 Å². The third-order valence-corrected chi connectivity index (χ3v) is 8.91. The van der Waals surface area contributed by atoms with E-state index in [-0.39, 0.29) is 0 Å². The number of nitrogens with two attached hydrogens (primary N) is 1. The lowest BCUT2D eigenvalue weighted by atomic mass is 9.98. The highest BCUT2D eigenvalue weighted by Gasteiger charge is 2.22. The van der Waals surface area contributed by atoms with Gasteiger partial charge in [0.1, 0.15) is 17.8 Å². The monoisotopic (exact) mass is 518 g/mol. The van der Waals surface area contributed by atoms with E-state index >= 15 is 0 Å². The summed E-state index contributed by atoms with van der Waals surface area (Å²) in [4.78, 5) is 20.3. The highest BCUT2D eigenvalue weighted by Crippen LogP contribution is 2.42. The number of rotatable bonds is 5. The molecule has 1 amide bonds. The first-order valence-electron chi connectivity index (χ1n) is 11.9. The lowest BCUT2D eigenvalue weighted by Crippen LogP contribution is -2.15. The summed E-state index contributed by atoms with van der Waals surface area (Å²) >= 11 is 0. The Labute approximate surface area is 214 Å². The third-order valence-electron chi connectivity index (χ3n) is 6.51. The Morgan fingerprint density at radius 3 is 2.35 bits per heavy atom. The topological polar surface area (TPSA) is 115 Å². The molecule has 8 nitrogen and oxygen atoms in total. The SMILES string of the molecule is C=C(F)C(=O)Nc1ccc(-c2c(-c3ccc(N=S4(=O)CCCCC4)cc3)c3c(N)ncnc3n2C)cc1. The van der Waals surface area contributed by atoms with Crippen molar-refractivity contribution in [3.8, 4) is 22.4 Å². The molecular weight excluding hydrogens is 491 g/mol. The van der Waals surface area contributed by atoms with Gasteiger partial charge >= 0.3 is 0 Å². The molecule has 0 atom stereocenters. The Morgan fingerprint density at radius 1 is 1.05 bits per heavy atom. The van der Waals surface area contributed by atoms with E-state index in [2.05, 4.69) is 26.2 Å². The van der Waals surface area contributed by atoms with Gasteiger partial charge in [0, 0.05) is 29.8 Å². The van der Waals surface area contributed by atoms with E-state index in [1.165, 1.54) is 6.33 Å². The van der Waals surface area contributed by atoms with Crippen molar-refractivity contribution in [3.63, 3.8) is 0 Å². The zero-order chi connectivity index (χ0) is 26.2. The number of nitrogens with one attached hydrogen (secondary N) is 1. The molecule has 3 heterocycles. The summed E-state index contributed by atoms with van der Waals surface area (Å²) in [7, 11) is -0.309. The van der Waals surface area contributed by atoms with Gasteiger partial charge in [-0.25, -0.2) is 18.6 Å². The van der Waals surface area contributed by atoms with Crippen LogP contribution in [0.25, 0.3) is 33.4 Å². The molecule has 37 heavy (non-hydrogen) atoms. The molecule has 5 rings (SSSR count). The Balaban J connectivity index is 1.60. The first kappa shape index (κ1) is 24.6. The number of nitrogen functional groups attached to an aromatic ring is 1. The van der Waals surface area contributed by atoms with Crippen LogP contribution in [-0.2, 0) is 21.6 Å². The van der Waals surface area contributed by atoms with E-state index in [0.29, 0.717) is 39.7 Å². The van der Waals surface area contributed by atoms with E-state index in [1.807, 2.05) is 48.0 Å². The van der Waals surface area contributed by atoms with Crippen LogP contribution in [0, 0.1) is 0 Å². The van der Waals surface area contributed by atoms with Gasteiger partial charge in [-0.1, -0.05) is 37.3 Å². The third kappa shape index (κ3) is 4.84. The zero-order valence-electron chi connectivity index (χ0n) is 20.4. The molecule has 0 bridgehead atoms. The molecule has 2 aromatic carbocycles. The molecule has 10 heteroatoms. The van der Waals surface area contributed by atoms with Gasteiger partial charge < -0.3 is 15.6 Å². The van der Waals surface area contributed by atoms with E-state index in [9.17, 15) is 13.4 Å². The largest absolute Gasteiger partial charge is 0.383 e. The van der Waals surface area contributed by atoms with Crippen LogP contribution in [0.5, 0.6) is 0 Å². The lowest BCUT2D eigenvalue weighted by Gasteiger charge is -2.15. The average Bonchev–Trinajstić information content (AvgIpc) is 3.18. The Kier molecular flexibility index (Phi) is 6.51. The van der Waals surface area contributed by atoms with Crippen molar-refractivity contribution in [2.45, 2.75) is 19.3 Å². The zero-order valence-corrected chi connectivity index (χ0v) is 21.2. The van der Waals surface area contributed by atoms with Gasteiger partial charge in [0.15, 0.2) is 5.83 Å². The lowest BCUT2D eigenvalue weighted by molar-refractivity contribution is -0.114. The molecule has 0 aliphatic carbocycles. The second kappa shape index (κ2) is 9.78. The number of benzene rings is 2. The van der Waals surface area contributed by atoms with Crippen LogP contribution in [-0.4, -0.2) is 36.2 Å². The standard InChI is InChI=1S/C27H27FN6O2S/c1-17(28)27(35)32-20-10-8-19(9-11-20)24-22(23-25(29)30-16-31-26(23)34(24)2)18-6-12-21(13-7-18)33-37(36)14-4-3-5-15-37/h6-13,16H,1,3-5,14-15H2,2H3,(H,32,35)(H2,29,30,31). The fourth-order valence-electron chi connectivity index (χ4n) is 4.71. The van der Waals surface area contributed by atoms with Gasteiger partial charge in [-0.3, -0.25) is 4.79 Å². The number of carbonyl (C=O) groups is 1. The number of amides is 1. The molecule has 0 unspecified atom stereocenters. The molecule has 1 saturated heterocycles. The predicted octanol–water partition coefficient (Wildman–Crippen LogP) is 5.59. The second-order valence-electron chi connectivity index (χ2n) is 9.06. The Morgan fingerprint density at radius 2 is 1.70 bits per heavy atom. The summed E-state index contributed by atoms with van der Waals surface area (Å²) in [5.41, 5.74) is 11.5. The summed E-state index contributed by atoms with van der Waals surface area (Å²) in [6.07, 6.45) is 4.43. The maximum Gasteiger partial charge on any atom is 0.283 e. The number of aromatic nitrogens is 3. The normalized spacial score (nSPS) is 14.9. The number of anilines is 2. The summed E-state index contributed by atoms with van der Waals surface area (Å²) < 4.78 is 32.7. The van der Waals surface area contributed by atoms with E-state index in [0.717, 1.165) is 41.6 Å². The van der Waals surface area contributed by atoms with Crippen LogP contribution in [0.15, 0.2) is 71.6 Å². The first-order valence-corrected chi connectivity index (χ1v) is 13.8. The average molecular weight is 519 g/mol. The van der Waals surface area contributed by atoms with E-state index in [1.54, 1.807) is 12.1 Å². The van der Waals surface area contributed by atoms with E-state index < -0.39 is 21.5 Å². The number of carbonyl (C=O) groups excluding carboxylic acids is 1. The van der Waals surface area contributed by atoms with Crippen LogP contribution < -0.4 is 11.1 Å². The first-order chi connectivity index (χ1) is 17.8. The van der Waals surface area contributed by atoms with Crippen LogP contribution in [0.3, 0.4) is 0 Å². The molecule has 0 saturated carbocycles. The molecule has 0 radical (unpaired) electrons. The number of fused-ring (bicyclic) bond motifs is 1. The van der Waals surface area contributed by atoms with Gasteiger partial charge in [-0.05, 0) is 48.2 Å². The number of nitrogens with zero attached hydrogens (tertiary/aromatic N) is 4. The van der Waals surface area contributed by atoms with Crippen molar-refractivity contribution >= 4 is 43.9 Å². The molecule has 0 spiro atoms. The molecule has 4 aromatic rings. The van der Waals surface area contributed by atoms with Gasteiger partial charge in [0.05, 0.1) is 26.5 Å². The molecule has 1 fully saturated rings. The number of hydrogen-bond donors (Lipinski definition) is 2. The summed E-state index contributed by atoms with van der Waals surface area (Å²) in [5.74, 6) is -0.303. The minimum Gasteiger partial charge on any atom is -0.383 e. The molecular formula is C27H27FN6O2S. The van der Waals surface area contributed by atoms with Crippen molar-refractivity contribution in [2.75, 3.05) is 22.6 Å². The molecule has 190 valence electrons. The van der Waals surface area contributed by atoms with Crippen LogP contribution in [0.2, 0.25) is 0 Å². The number of hydrogen-bond acceptors (Lipinski definition) is 6. The maximum absolute atomic E-state index is 13.1. The summed E-state index contributed by atoms with van der Waals surface area (Å²) in [6.45, 7) is 3.02. The fraction of sp³-hybridized carbons (Fsp3) is 0.222. The maximum atomic E-state index is 13.1. The van der Waals surface area contributed by atoms with Gasteiger partial charge in [0.25, 0.3) is 5.91 Å². The van der Waals surface area contributed by atoms with Gasteiger partial charge in [-0.15, -0.1) is 0 Å². The van der Waals surface area contributed by atoms with Crippen LogP contribution in [0.4, 0.5) is 21.6 Å². The predicted molar refractivity (Wildman–Crippen MR) is 146 cm³/mol. The minimum absolute atomic E-state index is 0.353. The molecule has 1 aliphatic heterocycles. The van der Waals surface area contributed by atoms with Crippen molar-refractivity contribution in [2.24, 2.45) is 11.4 Å². The second-order valence-corrected chi connectivity index (χ2v) is 11.6. The number of aryl methyl sites for hydroxylation is 1. The highest BCUT2D eigenvalue weighted by molar-refractivity contribution is 7.93.